The van der Waals surface area contributed by atoms with Crippen molar-refractivity contribution in [1.29, 1.82) is 0 Å². The average Bonchev–Trinajstić information content (AvgIpc) is 1.59. The van der Waals surface area contributed by atoms with E-state index in [-0.39, 0.29) is 66.8 Å². The molecule has 0 unspecified atom stereocenters. The maximum atomic E-state index is 13.4. The molecule has 6 aliphatic rings. The van der Waals surface area contributed by atoms with Crippen molar-refractivity contribution in [2.24, 2.45) is 0 Å². The van der Waals surface area contributed by atoms with Crippen LogP contribution in [0.2, 0.25) is 0 Å². The summed E-state index contributed by atoms with van der Waals surface area (Å²) in [6.45, 7) is 25.1. The van der Waals surface area contributed by atoms with Crippen molar-refractivity contribution in [2.75, 3.05) is 60.6 Å². The number of nitrogens with zero attached hydrogens (tertiary/aromatic N) is 7. The average molecular weight is 2030 g/mol. The van der Waals surface area contributed by atoms with Gasteiger partial charge in [0.25, 0.3) is 33.7 Å². The highest BCUT2D eigenvalue weighted by molar-refractivity contribution is 7.95. The van der Waals surface area contributed by atoms with Crippen LogP contribution in [0, 0.1) is 0 Å². The number of pyridine rings is 2. The number of hydroxylamine groups is 2. The fourth-order valence-corrected chi connectivity index (χ4v) is 22.5. The largest absolute Gasteiger partial charge is 0.691 e. The van der Waals surface area contributed by atoms with Crippen LogP contribution in [0.4, 0.5) is 22.7 Å². The molecule has 2 fully saturated rings. The fraction of sp³-hybridized carbons (Fsp3) is 0.339. The number of ether oxygens (including phenoxy) is 1. The molecule has 5 aliphatic heterocycles. The van der Waals surface area contributed by atoms with Crippen molar-refractivity contribution in [1.82, 2.24) is 25.7 Å². The number of carbonyl (C=O) groups is 8. The highest BCUT2D eigenvalue weighted by atomic mass is 32.2. The molecule has 8 aromatic carbocycles. The molecule has 1 saturated carbocycles. The number of esters is 1. The Bertz CT molecular complexity index is 7000. The Morgan fingerprint density at radius 1 is 0.514 bits per heavy atom. The van der Waals surface area contributed by atoms with E-state index >= 15 is 0 Å². The molecule has 4 amide bonds. The molecular weight excluding hydrogens is 1920 g/mol. The summed E-state index contributed by atoms with van der Waals surface area (Å²) in [5, 5.41) is 53.8. The minimum atomic E-state index is -4.49. The van der Waals surface area contributed by atoms with Crippen molar-refractivity contribution in [3.63, 3.8) is 0 Å². The van der Waals surface area contributed by atoms with Gasteiger partial charge in [0.05, 0.1) is 45.4 Å². The smallest absolute Gasteiger partial charge is 0.333 e. The Kier molecular flexibility index (Phi) is 34.3. The Morgan fingerprint density at radius 2 is 1.01 bits per heavy atom. The molecule has 5 N–H and O–H groups in total. The minimum Gasteiger partial charge on any atom is -0.691 e. The zero-order valence-corrected chi connectivity index (χ0v) is 85.0. The van der Waals surface area contributed by atoms with Gasteiger partial charge in [-0.1, -0.05) is 148 Å². The normalized spacial score (nSPS) is 17.0. The van der Waals surface area contributed by atoms with Crippen LogP contribution in [0.25, 0.3) is 54.2 Å². The van der Waals surface area contributed by atoms with Crippen LogP contribution in [-0.4, -0.2) is 163 Å². The van der Waals surface area contributed by atoms with Crippen molar-refractivity contribution in [2.45, 2.75) is 197 Å². The molecule has 31 nitrogen and oxygen atoms in total. The molecule has 752 valence electrons. The van der Waals surface area contributed by atoms with Gasteiger partial charge >= 0.3 is 11.9 Å². The van der Waals surface area contributed by atoms with Crippen LogP contribution in [0.15, 0.2) is 240 Å². The first kappa shape index (κ1) is 106. The SMILES string of the molecule is CC1(C)C(/C=C/C(=C/C=C2/N(CCCSOOO)c3ccc4ccccc4c3C2(C)C)c2ccc(C(=O)NCCCCCC(=O)ON3C(=O)CCC3=O)cn2)=[N+](CCCSOOO)c2ccc3ccccc3c21.CCN1/C(=C/C=C(/C=C/C2=[N+](CC)c3ccc4c(SOO[O-])cccc4c3C2(C)C)c2ccc(C(=O)NCCCCCC(=O)OC3C(=O)CCC3=O)cn2)C(C)(C)c2c1ccc1c(S(=O)(=O)O)cccc21. The predicted molar refractivity (Wildman–Crippen MR) is 552 cm³/mol. The van der Waals surface area contributed by atoms with E-state index in [1.807, 2.05) is 54.6 Å². The highest BCUT2D eigenvalue weighted by Crippen LogP contribution is 2.55. The van der Waals surface area contributed by atoms with Crippen LogP contribution < -0.4 is 25.7 Å². The van der Waals surface area contributed by atoms with Gasteiger partial charge in [0.1, 0.15) is 18.0 Å². The van der Waals surface area contributed by atoms with Gasteiger partial charge in [0.2, 0.25) is 17.5 Å². The van der Waals surface area contributed by atoms with Gasteiger partial charge in [-0.25, -0.2) is 15.3 Å². The summed E-state index contributed by atoms with van der Waals surface area (Å²) in [6.07, 6.45) is 23.9. The Labute approximate surface area is 848 Å². The number of fused-ring (bicyclic) bond motifs is 12. The Hall–Kier alpha value is -12.6. The zero-order valence-electron chi connectivity index (χ0n) is 81.8. The number of imide groups is 1. The number of ketones is 2. The first-order valence-electron chi connectivity index (χ1n) is 48.1. The number of allylic oxidation sites excluding steroid dienone is 12. The van der Waals surface area contributed by atoms with E-state index in [1.54, 1.807) is 30.5 Å². The molecule has 0 spiro atoms. The van der Waals surface area contributed by atoms with Crippen molar-refractivity contribution < 1.29 is 114 Å². The summed E-state index contributed by atoms with van der Waals surface area (Å²) in [6, 6.07) is 51.3. The summed E-state index contributed by atoms with van der Waals surface area (Å²) in [5.41, 5.74) is 14.5. The van der Waals surface area contributed by atoms with Gasteiger partial charge in [-0.3, -0.25) is 53.1 Å². The van der Waals surface area contributed by atoms with E-state index in [4.69, 9.17) is 43.1 Å². The first-order chi connectivity index (χ1) is 69.3. The van der Waals surface area contributed by atoms with Crippen LogP contribution in [-0.2, 0) is 98.2 Å². The number of likely N-dealkylation sites (N-methyl/N-ethyl adjacent to an activating group) is 1. The van der Waals surface area contributed by atoms with E-state index in [0.29, 0.717) is 122 Å². The van der Waals surface area contributed by atoms with Crippen molar-refractivity contribution >= 4 is 182 Å². The molecule has 0 atom stereocenters. The third-order valence-electron chi connectivity index (χ3n) is 27.3. The lowest BCUT2D eigenvalue weighted by Crippen LogP contribution is -2.31. The molecule has 144 heavy (non-hydrogen) atoms. The molecule has 0 bridgehead atoms. The van der Waals surface area contributed by atoms with Crippen molar-refractivity contribution in [3.05, 3.63) is 275 Å². The number of unbranched alkanes of at least 4 members (excludes halogenated alkanes) is 4. The van der Waals surface area contributed by atoms with Crippen molar-refractivity contribution in [3.8, 4) is 0 Å². The number of rotatable bonds is 42. The lowest BCUT2D eigenvalue weighted by atomic mass is 9.79. The van der Waals surface area contributed by atoms with Crippen LogP contribution in [0.3, 0.4) is 0 Å². The zero-order chi connectivity index (χ0) is 102. The van der Waals surface area contributed by atoms with Gasteiger partial charge in [-0.2, -0.15) is 21.9 Å². The Balaban J connectivity index is 0.000000217. The summed E-state index contributed by atoms with van der Waals surface area (Å²) in [7, 11) is -4.49. The van der Waals surface area contributed by atoms with Gasteiger partial charge in [-0.05, 0) is 207 Å². The molecule has 35 heteroatoms. The molecular formula is C109H116N9O22S4+. The number of Topliss-reactive ketones (excluding diaryl/α,β-unsaturated/α-hetero) is 2. The number of carbonyl (C=O) groups excluding carboxylic acids is 8. The number of nitrogens with one attached hydrogen (secondary N) is 2. The number of anilines is 2. The third-order valence-corrected chi connectivity index (χ3v) is 30.1. The van der Waals surface area contributed by atoms with Gasteiger partial charge in [0.15, 0.2) is 23.0 Å². The molecule has 10 aromatic rings. The second-order valence-electron chi connectivity index (χ2n) is 37.7. The summed E-state index contributed by atoms with van der Waals surface area (Å²) in [4.78, 5) is 118. The van der Waals surface area contributed by atoms with E-state index in [9.17, 15) is 56.6 Å². The van der Waals surface area contributed by atoms with Crippen LogP contribution >= 0.6 is 36.1 Å². The standard InChI is InChI=1S/C55H59N5O11S2.C54H56N4O11S2/c1-54(2)46(58(32-12-34-72-70-68-65)44-25-20-37-14-7-9-16-41(37)51(44)54)27-22-39(43-24-19-40(36-57-43)53(64)56-31-11-5-6-18-50(63)67-60-48(61)29-30-49(60)62)23-28-47-55(3,4)52-42-17-10-8-15-38(42)21-26-45(52)59(47)33-13-35-73-71-69-66;1-7-57-40-25-22-35-37(14-12-16-44(35)70-69-68-63)49(40)53(3,4)46(57)29-20-33(21-30-47-54(5,6)50-38-15-13-17-45(71(64,65)66)36(38)23-26-41(50)58(47)8-2)39-24-19-34(32-56-39)52(62)55-31-11-9-10-18-48(61)67-51-42(59)27-28-43(51)60/h7-10,14-17,19-28,36H,5-6,11-13,18,29-35H2,1-4H3,(H2-,56,64,65,66);12-17,19-26,29-30,32,51H,7-11,18,27-28,31H2,1-6H3,(H2-,55,62,63,64,65,66)/p+1. The van der Waals surface area contributed by atoms with E-state index in [2.05, 4.69) is 235 Å². The quantitative estimate of drug-likeness (QED) is 0.00227. The minimum absolute atomic E-state index is 0.0382. The fourth-order valence-electron chi connectivity index (χ4n) is 20.5. The summed E-state index contributed by atoms with van der Waals surface area (Å²) < 4.78 is 58.9. The molecule has 1 saturated heterocycles. The lowest BCUT2D eigenvalue weighted by Gasteiger charge is -2.27. The maximum Gasteiger partial charge on any atom is 0.333 e. The number of hydrogen-bond acceptors (Lipinski definition) is 28. The number of benzene rings is 8. The molecule has 7 heterocycles. The third kappa shape index (κ3) is 22.9. The second kappa shape index (κ2) is 46.7. The number of aromatic nitrogens is 2. The topological polar surface area (TPSA) is 394 Å². The molecule has 0 radical (unpaired) electrons. The van der Waals surface area contributed by atoms with Gasteiger partial charge in [-0.15, -0.1) is 13.7 Å². The number of hydrogen-bond donors (Lipinski definition) is 5. The molecule has 16 rings (SSSR count). The summed E-state index contributed by atoms with van der Waals surface area (Å²) >= 11 is 2.93. The monoisotopic (exact) mass is 2030 g/mol. The van der Waals surface area contributed by atoms with Gasteiger partial charge < -0.3 is 35.3 Å². The maximum absolute atomic E-state index is 13.4. The molecule has 2 aromatic heterocycles. The number of amides is 4. The second-order valence-corrected chi connectivity index (χ2v) is 41.4. The van der Waals surface area contributed by atoms with E-state index < -0.39 is 61.6 Å². The Morgan fingerprint density at radius 3 is 1.57 bits per heavy atom. The van der Waals surface area contributed by atoms with E-state index in [1.165, 1.54) is 34.2 Å². The first-order valence-corrected chi connectivity index (χ1v) is 52.1. The highest BCUT2D eigenvalue weighted by Gasteiger charge is 2.49. The van der Waals surface area contributed by atoms with Gasteiger partial charge in [0, 0.05) is 210 Å². The lowest BCUT2D eigenvalue weighted by molar-refractivity contribution is -0.777. The van der Waals surface area contributed by atoms with Crippen LogP contribution in [0.1, 0.15) is 213 Å². The predicted octanol–water partition coefficient (Wildman–Crippen LogP) is 19.6. The summed E-state index contributed by atoms with van der Waals surface area (Å²) in [5.74, 6) is -2.41. The molecule has 1 aliphatic carbocycles. The van der Waals surface area contributed by atoms with Crippen LogP contribution in [0.5, 0.6) is 0 Å². The van der Waals surface area contributed by atoms with E-state index in [0.717, 1.165) is 149 Å².